The largest absolute Gasteiger partial charge is 0.493 e. The number of hydrogen-bond acceptors (Lipinski definition) is 5. The molecule has 3 rings (SSSR count). The number of hydrogen-bond donors (Lipinski definition) is 1. The minimum absolute atomic E-state index is 0.200. The van der Waals surface area contributed by atoms with Crippen LogP contribution in [0.1, 0.15) is 10.6 Å². The zero-order valence-corrected chi connectivity index (χ0v) is 13.6. The number of methoxy groups -OCH3 is 1. The Bertz CT molecular complexity index is 852. The zero-order chi connectivity index (χ0) is 17.5. The monoisotopic (exact) mass is 335 g/mol. The van der Waals surface area contributed by atoms with Gasteiger partial charge in [0.1, 0.15) is 5.75 Å². The van der Waals surface area contributed by atoms with E-state index >= 15 is 0 Å². The van der Waals surface area contributed by atoms with Crippen LogP contribution in [0, 0.1) is 0 Å². The molecule has 0 fully saturated rings. The van der Waals surface area contributed by atoms with Gasteiger partial charge in [-0.15, -0.1) is 0 Å². The average molecular weight is 335 g/mol. The molecule has 0 spiro atoms. The van der Waals surface area contributed by atoms with E-state index in [1.165, 1.54) is 12.3 Å². The maximum atomic E-state index is 11.8. The third-order valence-corrected chi connectivity index (χ3v) is 3.40. The van der Waals surface area contributed by atoms with Gasteiger partial charge in [-0.05, 0) is 48.5 Å². The molecule has 0 atom stereocenters. The maximum absolute atomic E-state index is 11.8. The van der Waals surface area contributed by atoms with Crippen LogP contribution in [0.5, 0.6) is 17.2 Å². The summed E-state index contributed by atoms with van der Waals surface area (Å²) < 4.78 is 16.1. The first-order valence-corrected chi connectivity index (χ1v) is 7.68. The van der Waals surface area contributed by atoms with Gasteiger partial charge in [0, 0.05) is 18.0 Å². The van der Waals surface area contributed by atoms with Gasteiger partial charge in [0.2, 0.25) is 5.78 Å². The minimum atomic E-state index is -0.200. The Balaban J connectivity index is 1.60. The van der Waals surface area contributed by atoms with E-state index in [1.54, 1.807) is 25.4 Å². The van der Waals surface area contributed by atoms with Gasteiger partial charge in [0.15, 0.2) is 17.3 Å². The molecule has 1 heterocycles. The molecule has 3 aromatic rings. The minimum Gasteiger partial charge on any atom is -0.493 e. The molecule has 5 heteroatoms. The summed E-state index contributed by atoms with van der Waals surface area (Å²) >= 11 is 0. The van der Waals surface area contributed by atoms with Crippen LogP contribution in [0.4, 0.5) is 5.69 Å². The van der Waals surface area contributed by atoms with Crippen molar-refractivity contribution in [1.29, 1.82) is 0 Å². The van der Waals surface area contributed by atoms with Crippen LogP contribution in [-0.2, 0) is 0 Å². The van der Waals surface area contributed by atoms with Crippen molar-refractivity contribution in [3.05, 3.63) is 85.0 Å². The van der Waals surface area contributed by atoms with E-state index in [0.29, 0.717) is 23.0 Å². The molecule has 0 radical (unpaired) electrons. The number of carbonyl (C=O) groups is 1. The molecule has 25 heavy (non-hydrogen) atoms. The number of anilines is 1. The summed E-state index contributed by atoms with van der Waals surface area (Å²) in [4.78, 5) is 11.8. The highest BCUT2D eigenvalue weighted by Crippen LogP contribution is 2.31. The van der Waals surface area contributed by atoms with E-state index in [4.69, 9.17) is 13.9 Å². The summed E-state index contributed by atoms with van der Waals surface area (Å²) in [6.07, 6.45) is 4.45. The molecular weight excluding hydrogens is 318 g/mol. The number of allylic oxidation sites excluding steroid dienone is 1. The Labute approximate surface area is 145 Å². The third-order valence-electron chi connectivity index (χ3n) is 3.40. The van der Waals surface area contributed by atoms with Gasteiger partial charge >= 0.3 is 0 Å². The predicted octanol–water partition coefficient (Wildman–Crippen LogP) is 4.89. The lowest BCUT2D eigenvalue weighted by molar-refractivity contribution is 0.102. The lowest BCUT2D eigenvalue weighted by Gasteiger charge is -2.10. The zero-order valence-electron chi connectivity index (χ0n) is 13.6. The van der Waals surface area contributed by atoms with Crippen molar-refractivity contribution in [2.75, 3.05) is 12.4 Å². The van der Waals surface area contributed by atoms with Crippen molar-refractivity contribution >= 4 is 11.5 Å². The Morgan fingerprint density at radius 1 is 1.00 bits per heavy atom. The molecule has 0 saturated heterocycles. The lowest BCUT2D eigenvalue weighted by atomic mass is 10.3. The van der Waals surface area contributed by atoms with Crippen LogP contribution in [0.2, 0.25) is 0 Å². The van der Waals surface area contributed by atoms with E-state index in [1.807, 2.05) is 48.5 Å². The molecule has 0 unspecified atom stereocenters. The predicted molar refractivity (Wildman–Crippen MR) is 95.3 cm³/mol. The van der Waals surface area contributed by atoms with Gasteiger partial charge in [0.25, 0.3) is 0 Å². The smallest absolute Gasteiger partial charge is 0.222 e. The Morgan fingerprint density at radius 3 is 2.44 bits per heavy atom. The molecule has 0 saturated carbocycles. The Morgan fingerprint density at radius 2 is 1.76 bits per heavy atom. The van der Waals surface area contributed by atoms with E-state index in [2.05, 4.69) is 5.32 Å². The Kier molecular flexibility index (Phi) is 5.16. The molecular formula is C20H17NO4. The van der Waals surface area contributed by atoms with Gasteiger partial charge in [-0.3, -0.25) is 4.79 Å². The van der Waals surface area contributed by atoms with E-state index < -0.39 is 0 Å². The van der Waals surface area contributed by atoms with Crippen LogP contribution in [-0.4, -0.2) is 12.9 Å². The molecule has 1 N–H and O–H groups in total. The highest BCUT2D eigenvalue weighted by molar-refractivity contribution is 6.02. The normalized spacial score (nSPS) is 10.6. The van der Waals surface area contributed by atoms with Crippen molar-refractivity contribution in [3.63, 3.8) is 0 Å². The van der Waals surface area contributed by atoms with Gasteiger partial charge in [-0.1, -0.05) is 12.1 Å². The molecule has 126 valence electrons. The summed E-state index contributed by atoms with van der Waals surface area (Å²) in [5.41, 5.74) is 0.830. The van der Waals surface area contributed by atoms with Crippen LogP contribution in [0.3, 0.4) is 0 Å². The van der Waals surface area contributed by atoms with Crippen LogP contribution in [0.15, 0.2) is 83.6 Å². The second kappa shape index (κ2) is 7.88. The molecule has 0 aliphatic rings. The highest BCUT2D eigenvalue weighted by atomic mass is 16.5. The third kappa shape index (κ3) is 4.29. The second-order valence-electron chi connectivity index (χ2n) is 5.10. The fourth-order valence-electron chi connectivity index (χ4n) is 2.16. The second-order valence-corrected chi connectivity index (χ2v) is 5.10. The molecule has 0 bridgehead atoms. The standard InChI is InChI=1S/C20H17NO4/c1-23-19-5-2-3-6-20(19)25-16-10-8-15(9-11-16)21-13-12-17(22)18-7-4-14-24-18/h2-14,21H,1H3. The average Bonchev–Trinajstić information content (AvgIpc) is 3.18. The first-order valence-electron chi connectivity index (χ1n) is 7.68. The first kappa shape index (κ1) is 16.4. The van der Waals surface area contributed by atoms with E-state index in [-0.39, 0.29) is 5.78 Å². The van der Waals surface area contributed by atoms with Crippen LogP contribution in [0.25, 0.3) is 0 Å². The highest BCUT2D eigenvalue weighted by Gasteiger charge is 2.05. The molecule has 0 aliphatic heterocycles. The van der Waals surface area contributed by atoms with Gasteiger partial charge in [-0.25, -0.2) is 0 Å². The molecule has 2 aromatic carbocycles. The number of rotatable bonds is 7. The summed E-state index contributed by atoms with van der Waals surface area (Å²) in [6, 6.07) is 18.1. The van der Waals surface area contributed by atoms with Crippen molar-refractivity contribution in [2.45, 2.75) is 0 Å². The topological polar surface area (TPSA) is 60.7 Å². The fraction of sp³-hybridized carbons (Fsp3) is 0.0500. The van der Waals surface area contributed by atoms with E-state index in [0.717, 1.165) is 5.69 Å². The number of furan rings is 1. The van der Waals surface area contributed by atoms with Gasteiger partial charge in [0.05, 0.1) is 13.4 Å². The quantitative estimate of drug-likeness (QED) is 0.492. The number of carbonyl (C=O) groups excluding carboxylic acids is 1. The van der Waals surface area contributed by atoms with Gasteiger partial charge in [-0.2, -0.15) is 0 Å². The van der Waals surface area contributed by atoms with Crippen molar-refractivity contribution in [2.24, 2.45) is 0 Å². The van der Waals surface area contributed by atoms with Crippen molar-refractivity contribution in [1.82, 2.24) is 0 Å². The summed E-state index contributed by atoms with van der Waals surface area (Å²) in [5, 5.41) is 3.03. The first-order chi connectivity index (χ1) is 12.3. The van der Waals surface area contributed by atoms with Crippen molar-refractivity contribution in [3.8, 4) is 17.2 Å². The molecule has 0 amide bonds. The summed E-state index contributed by atoms with van der Waals surface area (Å²) in [6.45, 7) is 0. The Hall–Kier alpha value is -3.47. The SMILES string of the molecule is COc1ccccc1Oc1ccc(NC=CC(=O)c2ccco2)cc1. The lowest BCUT2D eigenvalue weighted by Crippen LogP contribution is -1.94. The molecule has 5 nitrogen and oxygen atoms in total. The molecule has 0 aliphatic carbocycles. The maximum Gasteiger partial charge on any atom is 0.222 e. The molecule has 1 aromatic heterocycles. The summed E-state index contributed by atoms with van der Waals surface area (Å²) in [7, 11) is 1.60. The number of ether oxygens (including phenoxy) is 2. The van der Waals surface area contributed by atoms with Crippen molar-refractivity contribution < 1.29 is 18.7 Å². The van der Waals surface area contributed by atoms with Crippen LogP contribution >= 0.6 is 0 Å². The number of ketones is 1. The number of para-hydroxylation sites is 2. The number of nitrogens with one attached hydrogen (secondary N) is 1. The van der Waals surface area contributed by atoms with Crippen LogP contribution < -0.4 is 14.8 Å². The van der Waals surface area contributed by atoms with Gasteiger partial charge < -0.3 is 19.2 Å². The summed E-state index contributed by atoms with van der Waals surface area (Å²) in [5.74, 6) is 2.11. The number of benzene rings is 2. The fourth-order valence-corrected chi connectivity index (χ4v) is 2.16. The van der Waals surface area contributed by atoms with E-state index in [9.17, 15) is 4.79 Å².